The molecule has 3 heterocycles. The Bertz CT molecular complexity index is 1830. The summed E-state index contributed by atoms with van der Waals surface area (Å²) in [5.74, 6) is 0.0775. The summed E-state index contributed by atoms with van der Waals surface area (Å²) in [4.78, 5) is 13.6. The Morgan fingerprint density at radius 2 is 1.88 bits per heavy atom. The van der Waals surface area contributed by atoms with Crippen LogP contribution >= 0.6 is 0 Å². The number of aryl methyl sites for hydroxylation is 3. The van der Waals surface area contributed by atoms with Gasteiger partial charge < -0.3 is 18.8 Å². The van der Waals surface area contributed by atoms with Gasteiger partial charge in [0.05, 0.1) is 42.2 Å². The van der Waals surface area contributed by atoms with Crippen LogP contribution in [0.15, 0.2) is 66.7 Å². The molecule has 2 aromatic heterocycles. The zero-order valence-electron chi connectivity index (χ0n) is 24.9. The van der Waals surface area contributed by atoms with Gasteiger partial charge in [-0.15, -0.1) is 4.68 Å². The Kier molecular flexibility index (Phi) is 8.29. The lowest BCUT2D eigenvalue weighted by atomic mass is 9.96. The summed E-state index contributed by atoms with van der Waals surface area (Å²) in [6.45, 7) is 5.66. The number of halogens is 1. The maximum Gasteiger partial charge on any atom is 0.355 e. The van der Waals surface area contributed by atoms with Gasteiger partial charge in [0, 0.05) is 17.3 Å². The fourth-order valence-electron chi connectivity index (χ4n) is 6.21. The maximum absolute atomic E-state index is 16.1. The first-order valence-electron chi connectivity index (χ1n) is 15.0. The van der Waals surface area contributed by atoms with E-state index in [0.717, 1.165) is 44.4 Å². The zero-order valence-corrected chi connectivity index (χ0v) is 24.9. The lowest BCUT2D eigenvalue weighted by Gasteiger charge is -2.12. The van der Waals surface area contributed by atoms with E-state index in [1.165, 1.54) is 6.07 Å². The van der Waals surface area contributed by atoms with Gasteiger partial charge in [-0.1, -0.05) is 55.5 Å². The van der Waals surface area contributed by atoms with Gasteiger partial charge in [0.2, 0.25) is 5.69 Å². The normalized spacial score (nSPS) is 14.0. The molecule has 43 heavy (non-hydrogen) atoms. The molecule has 8 heteroatoms. The molecule has 0 fully saturated rings. The molecule has 5 aromatic rings. The minimum absolute atomic E-state index is 0.243. The SMILES string of the molecule is CCOC(=O)c1c(CCCOc2cccc3ccccc23)c2ccc(F)c3c2n1C/C=C\COCc1c-3c(CC)[nH][n+]1C. The van der Waals surface area contributed by atoms with Gasteiger partial charge >= 0.3 is 5.97 Å². The Balaban J connectivity index is 1.47. The first-order chi connectivity index (χ1) is 21.0. The average Bonchev–Trinajstić information content (AvgIpc) is 3.49. The Hall–Kier alpha value is -4.43. The second kappa shape index (κ2) is 12.4. The average molecular weight is 583 g/mol. The molecule has 0 spiro atoms. The minimum atomic E-state index is -0.412. The number of aromatic nitrogens is 3. The molecule has 1 N–H and O–H groups in total. The maximum atomic E-state index is 16.1. The number of nitrogens with one attached hydrogen (secondary N) is 1. The van der Waals surface area contributed by atoms with E-state index in [2.05, 4.69) is 23.3 Å². The Morgan fingerprint density at radius 1 is 1.05 bits per heavy atom. The summed E-state index contributed by atoms with van der Waals surface area (Å²) in [5.41, 5.74) is 5.02. The van der Waals surface area contributed by atoms with Crippen molar-refractivity contribution < 1.29 is 28.1 Å². The highest BCUT2D eigenvalue weighted by atomic mass is 19.1. The number of fused-ring (bicyclic) bond motifs is 3. The summed E-state index contributed by atoms with van der Waals surface area (Å²) in [6, 6.07) is 17.5. The van der Waals surface area contributed by atoms with E-state index in [4.69, 9.17) is 14.2 Å². The van der Waals surface area contributed by atoms with Crippen molar-refractivity contribution in [3.63, 3.8) is 0 Å². The molecule has 0 atom stereocenters. The van der Waals surface area contributed by atoms with Crippen LogP contribution in [-0.2, 0) is 42.5 Å². The van der Waals surface area contributed by atoms with Crippen molar-refractivity contribution in [3.8, 4) is 16.9 Å². The number of rotatable bonds is 8. The number of allylic oxidation sites excluding steroid dienone is 1. The van der Waals surface area contributed by atoms with E-state index >= 15 is 4.39 Å². The van der Waals surface area contributed by atoms with E-state index in [1.807, 2.05) is 59.6 Å². The first kappa shape index (κ1) is 28.7. The number of carbonyl (C=O) groups excluding carboxylic acids is 1. The van der Waals surface area contributed by atoms with Crippen LogP contribution in [-0.4, -0.2) is 35.5 Å². The number of benzene rings is 3. The van der Waals surface area contributed by atoms with Crippen LogP contribution in [0.1, 0.15) is 47.7 Å². The third kappa shape index (κ3) is 5.31. The number of esters is 1. The second-order valence-corrected chi connectivity index (χ2v) is 10.7. The third-order valence-electron chi connectivity index (χ3n) is 8.13. The molecule has 0 bridgehead atoms. The minimum Gasteiger partial charge on any atom is -0.493 e. The molecule has 0 saturated carbocycles. The van der Waals surface area contributed by atoms with Crippen molar-refractivity contribution in [3.05, 3.63) is 95.2 Å². The molecule has 1 aliphatic heterocycles. The summed E-state index contributed by atoms with van der Waals surface area (Å²) in [5, 5.41) is 6.42. The lowest BCUT2D eigenvalue weighted by molar-refractivity contribution is -0.735. The molecule has 6 rings (SSSR count). The van der Waals surface area contributed by atoms with Crippen LogP contribution in [0.2, 0.25) is 0 Å². The smallest absolute Gasteiger partial charge is 0.355 e. The Morgan fingerprint density at radius 3 is 2.72 bits per heavy atom. The molecule has 222 valence electrons. The predicted molar refractivity (Wildman–Crippen MR) is 165 cm³/mol. The lowest BCUT2D eigenvalue weighted by Crippen LogP contribution is -2.35. The highest BCUT2D eigenvalue weighted by Gasteiger charge is 2.32. The van der Waals surface area contributed by atoms with Gasteiger partial charge in [0.1, 0.15) is 23.9 Å². The number of carbonyl (C=O) groups is 1. The number of H-pyrrole nitrogens is 1. The quantitative estimate of drug-likeness (QED) is 0.0970. The van der Waals surface area contributed by atoms with Crippen LogP contribution in [0.5, 0.6) is 5.75 Å². The number of aromatic amines is 1. The van der Waals surface area contributed by atoms with Crippen LogP contribution < -0.4 is 9.42 Å². The summed E-state index contributed by atoms with van der Waals surface area (Å²) in [6.07, 6.45) is 5.81. The van der Waals surface area contributed by atoms with Crippen molar-refractivity contribution >= 4 is 27.6 Å². The number of ether oxygens (including phenoxy) is 3. The molecule has 0 aliphatic carbocycles. The van der Waals surface area contributed by atoms with E-state index in [-0.39, 0.29) is 12.4 Å². The van der Waals surface area contributed by atoms with Gasteiger partial charge in [-0.25, -0.2) is 9.18 Å². The van der Waals surface area contributed by atoms with Crippen LogP contribution in [0.25, 0.3) is 32.8 Å². The molecule has 0 radical (unpaired) electrons. The zero-order chi connectivity index (χ0) is 29.9. The fourth-order valence-corrected chi connectivity index (χ4v) is 6.21. The molecule has 0 amide bonds. The highest BCUT2D eigenvalue weighted by molar-refractivity contribution is 6.05. The van der Waals surface area contributed by atoms with Crippen LogP contribution in [0.4, 0.5) is 4.39 Å². The molecular weight excluding hydrogens is 545 g/mol. The fraction of sp³-hybridized carbons (Fsp3) is 0.314. The van der Waals surface area contributed by atoms with Crippen molar-refractivity contribution in [2.45, 2.75) is 46.3 Å². The van der Waals surface area contributed by atoms with Gasteiger partial charge in [0.25, 0.3) is 0 Å². The summed E-state index contributed by atoms with van der Waals surface area (Å²) in [7, 11) is 1.92. The van der Waals surface area contributed by atoms with Gasteiger partial charge in [-0.2, -0.15) is 5.10 Å². The third-order valence-corrected chi connectivity index (χ3v) is 8.13. The van der Waals surface area contributed by atoms with Crippen molar-refractivity contribution in [1.29, 1.82) is 0 Å². The van der Waals surface area contributed by atoms with E-state index < -0.39 is 5.97 Å². The van der Waals surface area contributed by atoms with E-state index in [1.54, 1.807) is 13.0 Å². The first-order valence-corrected chi connectivity index (χ1v) is 15.0. The van der Waals surface area contributed by atoms with Crippen LogP contribution in [0.3, 0.4) is 0 Å². The summed E-state index contributed by atoms with van der Waals surface area (Å²) >= 11 is 0. The topological polar surface area (TPSA) is 69.4 Å². The van der Waals surface area contributed by atoms with Gasteiger partial charge in [-0.3, -0.25) is 0 Å². The molecule has 0 saturated heterocycles. The van der Waals surface area contributed by atoms with Crippen molar-refractivity contribution in [2.24, 2.45) is 7.05 Å². The molecular formula is C35H37FN3O4+. The summed E-state index contributed by atoms with van der Waals surface area (Å²) < 4.78 is 37.7. The van der Waals surface area contributed by atoms with Gasteiger partial charge in [-0.05, 0) is 55.3 Å². The molecule has 1 aliphatic rings. The van der Waals surface area contributed by atoms with E-state index in [0.29, 0.717) is 62.4 Å². The number of hydrogen-bond acceptors (Lipinski definition) is 4. The van der Waals surface area contributed by atoms with Crippen LogP contribution in [0, 0.1) is 5.82 Å². The predicted octanol–water partition coefficient (Wildman–Crippen LogP) is 6.59. The number of hydrogen-bond donors (Lipinski definition) is 1. The van der Waals surface area contributed by atoms with Crippen molar-refractivity contribution in [2.75, 3.05) is 19.8 Å². The Labute approximate surface area is 250 Å². The monoisotopic (exact) mass is 582 g/mol. The highest BCUT2D eigenvalue weighted by Crippen LogP contribution is 2.40. The number of nitrogens with zero attached hydrogens (tertiary/aromatic N) is 2. The van der Waals surface area contributed by atoms with Gasteiger partial charge in [0.15, 0.2) is 7.05 Å². The molecule has 0 unspecified atom stereocenters. The molecule has 3 aromatic carbocycles. The molecule has 7 nitrogen and oxygen atoms in total. The largest absolute Gasteiger partial charge is 0.493 e. The van der Waals surface area contributed by atoms with Crippen molar-refractivity contribution in [1.82, 2.24) is 9.67 Å². The second-order valence-electron chi connectivity index (χ2n) is 10.7. The standard InChI is InChI=1S/C35H36FN3O4/c1-4-28-32-29(38(3)37-28)22-41-20-9-8-19-39-33-26(17-18-27(36)31(32)33)25(34(39)35(40)42-5-2)15-11-21-43-30-16-10-13-23-12-6-7-14-24(23)30/h6-10,12-14,16-18H,4-5,11,15,19-22H2,1-3H3/p+1/b9-8-. The van der Waals surface area contributed by atoms with E-state index in [9.17, 15) is 4.79 Å².